The number of rotatable bonds is 30. The minimum absolute atomic E-state index is 0.166. The van der Waals surface area contributed by atoms with E-state index in [4.69, 9.17) is 9.47 Å². The molecule has 1 aliphatic heterocycles. The van der Waals surface area contributed by atoms with Gasteiger partial charge in [0, 0.05) is 25.9 Å². The summed E-state index contributed by atoms with van der Waals surface area (Å²) in [5, 5.41) is 0. The highest BCUT2D eigenvalue weighted by Gasteiger charge is 2.36. The van der Waals surface area contributed by atoms with E-state index in [-0.39, 0.29) is 24.1 Å². The quantitative estimate of drug-likeness (QED) is 0.0444. The van der Waals surface area contributed by atoms with Crippen molar-refractivity contribution in [2.75, 3.05) is 20.1 Å². The Kier molecular flexibility index (Phi) is 28.6. The molecule has 46 heavy (non-hydrogen) atoms. The van der Waals surface area contributed by atoms with Gasteiger partial charge < -0.3 is 9.47 Å². The molecule has 5 nitrogen and oxygen atoms in total. The van der Waals surface area contributed by atoms with Crippen molar-refractivity contribution in [1.82, 2.24) is 4.90 Å². The van der Waals surface area contributed by atoms with Gasteiger partial charge in [-0.2, -0.15) is 0 Å². The highest BCUT2D eigenvalue weighted by Crippen LogP contribution is 2.19. The predicted octanol–water partition coefficient (Wildman–Crippen LogP) is 11.4. The second kappa shape index (κ2) is 31.5. The number of likely N-dealkylation sites (tertiary alicyclic amines) is 1. The lowest BCUT2D eigenvalue weighted by atomic mass is 10.1. The maximum atomic E-state index is 12.5. The van der Waals surface area contributed by atoms with E-state index in [9.17, 15) is 9.59 Å². The molecule has 0 aromatic carbocycles. The SMILES string of the molecule is CCCCCC=CCC=CCCCCCCCC(=O)O[C@@H]1CN(C)C[C@H]1OC(=O)CCCCCCCC=CCC=CCCCCC. The van der Waals surface area contributed by atoms with Gasteiger partial charge in [0.25, 0.3) is 0 Å². The monoisotopic (exact) mass is 642 g/mol. The highest BCUT2D eigenvalue weighted by atomic mass is 16.6. The maximum Gasteiger partial charge on any atom is 0.306 e. The second-order valence-electron chi connectivity index (χ2n) is 13.2. The molecule has 0 N–H and O–H groups in total. The topological polar surface area (TPSA) is 55.8 Å². The average Bonchev–Trinajstić information content (AvgIpc) is 3.38. The van der Waals surface area contributed by atoms with Gasteiger partial charge in [-0.25, -0.2) is 0 Å². The minimum atomic E-state index is -0.357. The number of hydrogen-bond acceptors (Lipinski definition) is 5. The first-order valence-corrected chi connectivity index (χ1v) is 19.2. The molecule has 0 spiro atoms. The van der Waals surface area contributed by atoms with Gasteiger partial charge in [0.15, 0.2) is 12.2 Å². The normalized spacial score (nSPS) is 17.4. The largest absolute Gasteiger partial charge is 0.457 e. The first kappa shape index (κ1) is 41.9. The number of hydrogen-bond donors (Lipinski definition) is 0. The van der Waals surface area contributed by atoms with Crippen LogP contribution in [-0.2, 0) is 19.1 Å². The molecule has 1 heterocycles. The van der Waals surface area contributed by atoms with Crippen molar-refractivity contribution in [3.63, 3.8) is 0 Å². The zero-order chi connectivity index (χ0) is 33.3. The van der Waals surface area contributed by atoms with Gasteiger partial charge in [-0.1, -0.05) is 127 Å². The fourth-order valence-electron chi connectivity index (χ4n) is 5.77. The van der Waals surface area contributed by atoms with Crippen LogP contribution in [0.2, 0.25) is 0 Å². The average molecular weight is 642 g/mol. The summed E-state index contributed by atoms with van der Waals surface area (Å²) in [6.07, 6.45) is 44.0. The number of esters is 2. The van der Waals surface area contributed by atoms with Gasteiger partial charge in [-0.15, -0.1) is 0 Å². The Morgan fingerprint density at radius 1 is 0.500 bits per heavy atom. The molecule has 0 saturated carbocycles. The van der Waals surface area contributed by atoms with E-state index in [1.807, 2.05) is 7.05 Å². The lowest BCUT2D eigenvalue weighted by molar-refractivity contribution is -0.164. The van der Waals surface area contributed by atoms with Crippen LogP contribution in [-0.4, -0.2) is 49.2 Å². The first-order chi connectivity index (χ1) is 22.6. The molecule has 2 atom stereocenters. The number of allylic oxidation sites excluding steroid dienone is 8. The van der Waals surface area contributed by atoms with Crippen molar-refractivity contribution < 1.29 is 19.1 Å². The Labute approximate surface area is 284 Å². The van der Waals surface area contributed by atoms with Crippen molar-refractivity contribution in [3.8, 4) is 0 Å². The van der Waals surface area contributed by atoms with Gasteiger partial charge >= 0.3 is 11.9 Å². The Balaban J connectivity index is 2.04. The van der Waals surface area contributed by atoms with E-state index in [1.54, 1.807) is 0 Å². The summed E-state index contributed by atoms with van der Waals surface area (Å²) >= 11 is 0. The highest BCUT2D eigenvalue weighted by molar-refractivity contribution is 5.70. The van der Waals surface area contributed by atoms with Gasteiger partial charge in [-0.3, -0.25) is 14.5 Å². The van der Waals surface area contributed by atoms with E-state index in [0.717, 1.165) is 64.2 Å². The number of unbranched alkanes of at least 4 members (excludes halogenated alkanes) is 16. The van der Waals surface area contributed by atoms with E-state index >= 15 is 0 Å². The third-order valence-corrected chi connectivity index (χ3v) is 8.63. The van der Waals surface area contributed by atoms with E-state index in [2.05, 4.69) is 67.4 Å². The lowest BCUT2D eigenvalue weighted by Gasteiger charge is -2.19. The first-order valence-electron chi connectivity index (χ1n) is 19.2. The van der Waals surface area contributed by atoms with Crippen molar-refractivity contribution in [2.24, 2.45) is 0 Å². The van der Waals surface area contributed by atoms with Crippen molar-refractivity contribution >= 4 is 11.9 Å². The molecule has 0 amide bonds. The predicted molar refractivity (Wildman–Crippen MR) is 196 cm³/mol. The fraction of sp³-hybridized carbons (Fsp3) is 0.756. The molecule has 0 aliphatic carbocycles. The summed E-state index contributed by atoms with van der Waals surface area (Å²) in [5.41, 5.74) is 0. The van der Waals surface area contributed by atoms with Gasteiger partial charge in [0.1, 0.15) is 0 Å². The van der Waals surface area contributed by atoms with Crippen LogP contribution in [0.25, 0.3) is 0 Å². The van der Waals surface area contributed by atoms with Crippen molar-refractivity contribution in [2.45, 2.75) is 180 Å². The van der Waals surface area contributed by atoms with Crippen LogP contribution in [0, 0.1) is 0 Å². The molecule has 1 fully saturated rings. The van der Waals surface area contributed by atoms with Crippen LogP contribution >= 0.6 is 0 Å². The van der Waals surface area contributed by atoms with Crippen molar-refractivity contribution in [1.29, 1.82) is 0 Å². The molecule has 0 aromatic rings. The summed E-state index contributed by atoms with van der Waals surface area (Å²) < 4.78 is 11.5. The molecule has 5 heteroatoms. The second-order valence-corrected chi connectivity index (χ2v) is 13.2. The molecule has 1 aliphatic rings. The lowest BCUT2D eigenvalue weighted by Crippen LogP contribution is -2.33. The minimum Gasteiger partial charge on any atom is -0.457 e. The number of carbonyl (C=O) groups excluding carboxylic acids is 2. The number of likely N-dealkylation sites (N-methyl/N-ethyl adjacent to an activating group) is 1. The Hall–Kier alpha value is -2.14. The van der Waals surface area contributed by atoms with E-state index in [0.29, 0.717) is 25.9 Å². The van der Waals surface area contributed by atoms with Gasteiger partial charge in [0.05, 0.1) is 0 Å². The van der Waals surface area contributed by atoms with Crippen LogP contribution in [0.1, 0.15) is 168 Å². The summed E-state index contributed by atoms with van der Waals surface area (Å²) in [7, 11) is 1.98. The fourth-order valence-corrected chi connectivity index (χ4v) is 5.77. The summed E-state index contributed by atoms with van der Waals surface area (Å²) in [4.78, 5) is 27.1. The zero-order valence-corrected chi connectivity index (χ0v) is 30.2. The Bertz CT molecular complexity index is 777. The molecular formula is C41H71NO4. The number of nitrogens with zero attached hydrogens (tertiary/aromatic N) is 1. The molecule has 0 radical (unpaired) electrons. The Morgan fingerprint density at radius 3 is 1.20 bits per heavy atom. The molecule has 264 valence electrons. The molecule has 0 bridgehead atoms. The van der Waals surface area contributed by atoms with Crippen LogP contribution < -0.4 is 0 Å². The third kappa shape index (κ3) is 26.0. The van der Waals surface area contributed by atoms with Crippen LogP contribution in [0.15, 0.2) is 48.6 Å². The van der Waals surface area contributed by atoms with Crippen LogP contribution in [0.3, 0.4) is 0 Å². The molecular weight excluding hydrogens is 570 g/mol. The third-order valence-electron chi connectivity index (χ3n) is 8.63. The maximum absolute atomic E-state index is 12.5. The van der Waals surface area contributed by atoms with E-state index in [1.165, 1.54) is 77.0 Å². The zero-order valence-electron chi connectivity index (χ0n) is 30.2. The smallest absolute Gasteiger partial charge is 0.306 e. The summed E-state index contributed by atoms with van der Waals surface area (Å²) in [5.74, 6) is -0.332. The van der Waals surface area contributed by atoms with Gasteiger partial charge in [-0.05, 0) is 84.1 Å². The molecule has 0 unspecified atom stereocenters. The molecule has 1 rings (SSSR count). The van der Waals surface area contributed by atoms with Gasteiger partial charge in [0.2, 0.25) is 0 Å². The standard InChI is InChI=1S/C41H71NO4/c1-4-6-8-10-12-14-16-18-20-22-24-26-28-30-32-34-40(43)45-38-36-42(3)37-39(38)46-41(44)35-33-31-29-27-25-23-21-19-17-15-13-11-9-7-5-2/h12-15,18-21,38-39H,4-11,16-17,22-37H2,1-3H3/t38-,39-/m1/s1. The van der Waals surface area contributed by atoms with Crippen LogP contribution in [0.4, 0.5) is 0 Å². The Morgan fingerprint density at radius 2 is 0.826 bits per heavy atom. The summed E-state index contributed by atoms with van der Waals surface area (Å²) in [6.45, 7) is 5.73. The number of ether oxygens (including phenoxy) is 2. The van der Waals surface area contributed by atoms with Crippen LogP contribution in [0.5, 0.6) is 0 Å². The molecule has 0 aromatic heterocycles. The summed E-state index contributed by atoms with van der Waals surface area (Å²) in [6, 6.07) is 0. The molecule has 1 saturated heterocycles. The van der Waals surface area contributed by atoms with Crippen molar-refractivity contribution in [3.05, 3.63) is 48.6 Å². The number of carbonyl (C=O) groups is 2. The van der Waals surface area contributed by atoms with E-state index < -0.39 is 0 Å².